The second kappa shape index (κ2) is 11.1. The molecule has 6 nitrogen and oxygen atoms in total. The number of hydrogen-bond donors (Lipinski definition) is 1. The van der Waals surface area contributed by atoms with Crippen molar-refractivity contribution >= 4 is 16.8 Å². The fraction of sp³-hybridized carbons (Fsp3) is 0.464. The van der Waals surface area contributed by atoms with Crippen molar-refractivity contribution in [3.05, 3.63) is 60.3 Å². The van der Waals surface area contributed by atoms with E-state index in [4.69, 9.17) is 4.98 Å². The average molecular weight is 458 g/mol. The van der Waals surface area contributed by atoms with Gasteiger partial charge in [-0.05, 0) is 89.1 Å². The van der Waals surface area contributed by atoms with E-state index in [0.29, 0.717) is 12.1 Å². The standard InChI is InChI=1S/C28H35N5O/c34-28(30-15-8-16-32-19-12-22(13-20-32)33-17-6-1-7-18-33)24-21-27(26-11-4-5-14-29-26)31-25-10-3-2-9-23(24)25/h2-5,9-11,14,21-22H,1,6-8,12-13,15-20H2,(H,30,34). The molecule has 2 aliphatic rings. The Morgan fingerprint density at radius 1 is 0.941 bits per heavy atom. The van der Waals surface area contributed by atoms with Crippen molar-refractivity contribution in [2.75, 3.05) is 39.3 Å². The lowest BCUT2D eigenvalue weighted by molar-refractivity contribution is 0.0903. The van der Waals surface area contributed by atoms with Crippen LogP contribution in [0.15, 0.2) is 54.7 Å². The van der Waals surface area contributed by atoms with Gasteiger partial charge in [0.2, 0.25) is 0 Å². The third-order valence-electron chi connectivity index (χ3n) is 7.29. The zero-order chi connectivity index (χ0) is 23.2. The number of amides is 1. The molecule has 0 radical (unpaired) electrons. The van der Waals surface area contributed by atoms with E-state index in [9.17, 15) is 4.79 Å². The van der Waals surface area contributed by atoms with Crippen molar-refractivity contribution in [2.45, 2.75) is 44.6 Å². The number of para-hydroxylation sites is 1. The number of hydrogen-bond acceptors (Lipinski definition) is 5. The quantitative estimate of drug-likeness (QED) is 0.534. The van der Waals surface area contributed by atoms with Crippen LogP contribution in [-0.4, -0.2) is 71.0 Å². The van der Waals surface area contributed by atoms with E-state index < -0.39 is 0 Å². The SMILES string of the molecule is O=C(NCCCN1CCC(N2CCCCC2)CC1)c1cc(-c2ccccn2)nc2ccccc12. The van der Waals surface area contributed by atoms with Crippen LogP contribution >= 0.6 is 0 Å². The molecule has 178 valence electrons. The molecule has 1 aromatic carbocycles. The molecule has 2 aromatic heterocycles. The van der Waals surface area contributed by atoms with Crippen molar-refractivity contribution in [3.8, 4) is 11.4 Å². The molecule has 5 rings (SSSR count). The Balaban J connectivity index is 1.15. The number of benzene rings is 1. The summed E-state index contributed by atoms with van der Waals surface area (Å²) in [4.78, 5) is 27.6. The highest BCUT2D eigenvalue weighted by atomic mass is 16.1. The number of piperidine rings is 2. The summed E-state index contributed by atoms with van der Waals surface area (Å²) in [7, 11) is 0. The van der Waals surface area contributed by atoms with Crippen LogP contribution in [0.4, 0.5) is 0 Å². The molecule has 2 aliphatic heterocycles. The fourth-order valence-corrected chi connectivity index (χ4v) is 5.40. The summed E-state index contributed by atoms with van der Waals surface area (Å²) in [6.07, 6.45) is 9.43. The number of pyridine rings is 2. The number of aromatic nitrogens is 2. The van der Waals surface area contributed by atoms with Crippen molar-refractivity contribution in [1.29, 1.82) is 0 Å². The molecule has 6 heteroatoms. The molecule has 34 heavy (non-hydrogen) atoms. The third-order valence-corrected chi connectivity index (χ3v) is 7.29. The maximum absolute atomic E-state index is 13.1. The van der Waals surface area contributed by atoms with Gasteiger partial charge in [-0.1, -0.05) is 30.7 Å². The number of carbonyl (C=O) groups excluding carboxylic acids is 1. The van der Waals surface area contributed by atoms with Gasteiger partial charge < -0.3 is 15.1 Å². The number of carbonyl (C=O) groups is 1. The van der Waals surface area contributed by atoms with Crippen LogP contribution < -0.4 is 5.32 Å². The van der Waals surface area contributed by atoms with Crippen LogP contribution in [0.2, 0.25) is 0 Å². The van der Waals surface area contributed by atoms with E-state index in [1.165, 1.54) is 58.3 Å². The van der Waals surface area contributed by atoms with Gasteiger partial charge in [0.05, 0.1) is 22.5 Å². The van der Waals surface area contributed by atoms with Crippen molar-refractivity contribution < 1.29 is 4.79 Å². The predicted molar refractivity (Wildman–Crippen MR) is 137 cm³/mol. The first-order valence-corrected chi connectivity index (χ1v) is 12.8. The fourth-order valence-electron chi connectivity index (χ4n) is 5.40. The molecule has 0 aliphatic carbocycles. The molecule has 1 amide bonds. The zero-order valence-electron chi connectivity index (χ0n) is 20.0. The zero-order valence-corrected chi connectivity index (χ0v) is 20.0. The van der Waals surface area contributed by atoms with E-state index >= 15 is 0 Å². The van der Waals surface area contributed by atoms with Gasteiger partial charge in [-0.3, -0.25) is 9.78 Å². The number of likely N-dealkylation sites (tertiary alicyclic amines) is 2. The Hall–Kier alpha value is -2.83. The second-order valence-electron chi connectivity index (χ2n) is 9.57. The number of rotatable bonds is 7. The third kappa shape index (κ3) is 5.45. The highest BCUT2D eigenvalue weighted by Gasteiger charge is 2.25. The lowest BCUT2D eigenvalue weighted by atomic mass is 10.00. The first kappa shape index (κ1) is 22.9. The number of nitrogens with one attached hydrogen (secondary N) is 1. The first-order chi connectivity index (χ1) is 16.8. The van der Waals surface area contributed by atoms with Crippen LogP contribution in [0.25, 0.3) is 22.3 Å². The minimum Gasteiger partial charge on any atom is -0.352 e. The molecular weight excluding hydrogens is 422 g/mol. The van der Waals surface area contributed by atoms with E-state index in [2.05, 4.69) is 20.1 Å². The van der Waals surface area contributed by atoms with Crippen LogP contribution in [0.1, 0.15) is 48.9 Å². The van der Waals surface area contributed by atoms with E-state index in [-0.39, 0.29) is 5.91 Å². The molecule has 0 atom stereocenters. The lowest BCUT2D eigenvalue weighted by Crippen LogP contribution is -2.47. The van der Waals surface area contributed by atoms with Gasteiger partial charge in [0, 0.05) is 24.2 Å². The van der Waals surface area contributed by atoms with Gasteiger partial charge in [-0.15, -0.1) is 0 Å². The molecule has 0 spiro atoms. The number of nitrogens with zero attached hydrogens (tertiary/aromatic N) is 4. The smallest absolute Gasteiger partial charge is 0.252 e. The Morgan fingerprint density at radius 3 is 2.53 bits per heavy atom. The van der Waals surface area contributed by atoms with Crippen LogP contribution in [0.5, 0.6) is 0 Å². The molecule has 2 fully saturated rings. The minimum atomic E-state index is -0.0420. The van der Waals surface area contributed by atoms with Gasteiger partial charge in [0.15, 0.2) is 0 Å². The van der Waals surface area contributed by atoms with Gasteiger partial charge in [-0.25, -0.2) is 4.98 Å². The summed E-state index contributed by atoms with van der Waals surface area (Å²) in [5.74, 6) is -0.0420. The lowest BCUT2D eigenvalue weighted by Gasteiger charge is -2.40. The summed E-state index contributed by atoms with van der Waals surface area (Å²) < 4.78 is 0. The molecule has 1 N–H and O–H groups in total. The molecule has 0 unspecified atom stereocenters. The van der Waals surface area contributed by atoms with E-state index in [1.807, 2.05) is 48.5 Å². The van der Waals surface area contributed by atoms with Crippen LogP contribution in [0.3, 0.4) is 0 Å². The van der Waals surface area contributed by atoms with Gasteiger partial charge >= 0.3 is 0 Å². The number of fused-ring (bicyclic) bond motifs is 1. The highest BCUT2D eigenvalue weighted by Crippen LogP contribution is 2.24. The summed E-state index contributed by atoms with van der Waals surface area (Å²) >= 11 is 0. The Labute approximate surface area is 202 Å². The largest absolute Gasteiger partial charge is 0.352 e. The maximum atomic E-state index is 13.1. The second-order valence-corrected chi connectivity index (χ2v) is 9.57. The van der Waals surface area contributed by atoms with E-state index in [1.54, 1.807) is 6.20 Å². The van der Waals surface area contributed by atoms with Crippen molar-refractivity contribution in [2.24, 2.45) is 0 Å². The van der Waals surface area contributed by atoms with Crippen LogP contribution in [0, 0.1) is 0 Å². The van der Waals surface area contributed by atoms with Gasteiger partial charge in [0.25, 0.3) is 5.91 Å². The Morgan fingerprint density at radius 2 is 1.74 bits per heavy atom. The normalized spacial score (nSPS) is 18.2. The van der Waals surface area contributed by atoms with Crippen molar-refractivity contribution in [1.82, 2.24) is 25.1 Å². The Bertz CT molecular complexity index is 1090. The van der Waals surface area contributed by atoms with E-state index in [0.717, 1.165) is 41.3 Å². The molecule has 0 saturated carbocycles. The van der Waals surface area contributed by atoms with Gasteiger partial charge in [-0.2, -0.15) is 0 Å². The Kier molecular flexibility index (Phi) is 7.46. The molecule has 4 heterocycles. The summed E-state index contributed by atoms with van der Waals surface area (Å²) in [5, 5.41) is 4.02. The van der Waals surface area contributed by atoms with Crippen LogP contribution in [-0.2, 0) is 0 Å². The average Bonchev–Trinajstić information content (AvgIpc) is 2.91. The molecule has 3 aromatic rings. The molecule has 0 bridgehead atoms. The van der Waals surface area contributed by atoms with Gasteiger partial charge in [0.1, 0.15) is 0 Å². The minimum absolute atomic E-state index is 0.0420. The topological polar surface area (TPSA) is 61.4 Å². The summed E-state index contributed by atoms with van der Waals surface area (Å²) in [6.45, 7) is 6.67. The molecule has 2 saturated heterocycles. The highest BCUT2D eigenvalue weighted by molar-refractivity contribution is 6.07. The summed E-state index contributed by atoms with van der Waals surface area (Å²) in [6, 6.07) is 16.2. The summed E-state index contributed by atoms with van der Waals surface area (Å²) in [5.41, 5.74) is 2.97. The predicted octanol–water partition coefficient (Wildman–Crippen LogP) is 4.37. The molecular formula is C28H35N5O. The monoisotopic (exact) mass is 457 g/mol. The first-order valence-electron chi connectivity index (χ1n) is 12.8. The maximum Gasteiger partial charge on any atom is 0.252 e. The van der Waals surface area contributed by atoms with Crippen molar-refractivity contribution in [3.63, 3.8) is 0 Å².